The number of nitrogens with zero attached hydrogens (tertiary/aromatic N) is 1. The molecular formula is C14H15NO2S. The van der Waals surface area contributed by atoms with Crippen molar-refractivity contribution in [2.75, 3.05) is 13.1 Å². The number of carbonyl (C=O) groups excluding carboxylic acids is 1. The highest BCUT2D eigenvalue weighted by atomic mass is 32.1. The van der Waals surface area contributed by atoms with Crippen LogP contribution in [0, 0.1) is 0 Å². The molecule has 3 rings (SSSR count). The number of rotatable bonds is 1. The predicted octanol–water partition coefficient (Wildman–Crippen LogP) is 2.50. The van der Waals surface area contributed by atoms with Crippen molar-refractivity contribution in [3.63, 3.8) is 0 Å². The summed E-state index contributed by atoms with van der Waals surface area (Å²) in [6.45, 7) is 1.31. The maximum Gasteiger partial charge on any atom is 0.253 e. The smallest absolute Gasteiger partial charge is 0.253 e. The van der Waals surface area contributed by atoms with Crippen LogP contribution in [0.3, 0.4) is 0 Å². The second-order valence-electron chi connectivity index (χ2n) is 4.70. The zero-order valence-electron chi connectivity index (χ0n) is 10.0. The van der Waals surface area contributed by atoms with Gasteiger partial charge in [-0.25, -0.2) is 0 Å². The Morgan fingerprint density at radius 3 is 2.83 bits per heavy atom. The molecule has 0 unspecified atom stereocenters. The summed E-state index contributed by atoms with van der Waals surface area (Å²) in [6, 6.07) is 7.90. The number of hydrogen-bond acceptors (Lipinski definition) is 3. The van der Waals surface area contributed by atoms with Gasteiger partial charge in [0.15, 0.2) is 0 Å². The molecule has 2 aromatic rings. The summed E-state index contributed by atoms with van der Waals surface area (Å²) in [6.07, 6.45) is 1.13. The Kier molecular flexibility index (Phi) is 3.06. The van der Waals surface area contributed by atoms with E-state index in [-0.39, 0.29) is 12.0 Å². The number of piperidine rings is 1. The first-order valence-electron chi connectivity index (χ1n) is 6.18. The van der Waals surface area contributed by atoms with Gasteiger partial charge in [0.05, 0.1) is 6.10 Å². The lowest BCUT2D eigenvalue weighted by Crippen LogP contribution is -2.40. The Labute approximate surface area is 110 Å². The molecular weight excluding hydrogens is 246 g/mol. The molecule has 94 valence electrons. The van der Waals surface area contributed by atoms with Gasteiger partial charge in [-0.05, 0) is 47.9 Å². The van der Waals surface area contributed by atoms with Crippen LogP contribution in [0.1, 0.15) is 23.2 Å². The van der Waals surface area contributed by atoms with Crippen LogP contribution in [0.2, 0.25) is 0 Å². The predicted molar refractivity (Wildman–Crippen MR) is 73.0 cm³/mol. The van der Waals surface area contributed by atoms with E-state index in [0.29, 0.717) is 25.9 Å². The summed E-state index contributed by atoms with van der Waals surface area (Å²) in [7, 11) is 0. The third-order valence-corrected chi connectivity index (χ3v) is 4.35. The first kappa shape index (κ1) is 11.7. The Balaban J connectivity index is 1.82. The third kappa shape index (κ3) is 2.13. The molecule has 1 fully saturated rings. The average molecular weight is 261 g/mol. The number of amides is 1. The number of fused-ring (bicyclic) bond motifs is 1. The van der Waals surface area contributed by atoms with Crippen LogP contribution >= 0.6 is 11.3 Å². The summed E-state index contributed by atoms with van der Waals surface area (Å²) in [4.78, 5) is 14.2. The van der Waals surface area contributed by atoms with E-state index in [4.69, 9.17) is 0 Å². The van der Waals surface area contributed by atoms with Gasteiger partial charge in [0, 0.05) is 23.4 Å². The van der Waals surface area contributed by atoms with E-state index in [1.165, 1.54) is 4.70 Å². The van der Waals surface area contributed by atoms with E-state index in [1.54, 1.807) is 11.3 Å². The minimum Gasteiger partial charge on any atom is -0.393 e. The molecule has 1 saturated heterocycles. The van der Waals surface area contributed by atoms with Crippen molar-refractivity contribution < 1.29 is 9.90 Å². The summed E-state index contributed by atoms with van der Waals surface area (Å²) in [5.41, 5.74) is 0.747. The van der Waals surface area contributed by atoms with Crippen LogP contribution in [-0.4, -0.2) is 35.1 Å². The van der Waals surface area contributed by atoms with E-state index in [0.717, 1.165) is 10.9 Å². The van der Waals surface area contributed by atoms with Gasteiger partial charge in [0.25, 0.3) is 5.91 Å². The number of carbonyl (C=O) groups is 1. The van der Waals surface area contributed by atoms with Gasteiger partial charge >= 0.3 is 0 Å². The molecule has 0 spiro atoms. The van der Waals surface area contributed by atoms with Crippen molar-refractivity contribution in [2.45, 2.75) is 18.9 Å². The molecule has 1 aromatic carbocycles. The fourth-order valence-electron chi connectivity index (χ4n) is 2.35. The number of benzene rings is 1. The second-order valence-corrected chi connectivity index (χ2v) is 5.64. The van der Waals surface area contributed by atoms with Crippen LogP contribution in [0.4, 0.5) is 0 Å². The SMILES string of the molecule is O=C(c1ccc2sccc2c1)N1CCC(O)CC1. The summed E-state index contributed by atoms with van der Waals surface area (Å²) in [5, 5.41) is 12.6. The van der Waals surface area contributed by atoms with Crippen molar-refractivity contribution in [3.05, 3.63) is 35.2 Å². The summed E-state index contributed by atoms with van der Waals surface area (Å²) < 4.78 is 1.21. The highest BCUT2D eigenvalue weighted by Gasteiger charge is 2.22. The molecule has 0 saturated carbocycles. The number of likely N-dealkylation sites (tertiary alicyclic amines) is 1. The fraction of sp³-hybridized carbons (Fsp3) is 0.357. The Morgan fingerprint density at radius 2 is 2.06 bits per heavy atom. The Bertz CT molecular complexity index is 570. The molecule has 1 amide bonds. The van der Waals surface area contributed by atoms with E-state index in [2.05, 4.69) is 0 Å². The molecule has 4 heteroatoms. The van der Waals surface area contributed by atoms with Crippen molar-refractivity contribution in [3.8, 4) is 0 Å². The number of aliphatic hydroxyl groups excluding tert-OH is 1. The molecule has 2 heterocycles. The molecule has 0 radical (unpaired) electrons. The van der Waals surface area contributed by atoms with Crippen molar-refractivity contribution >= 4 is 27.3 Å². The quantitative estimate of drug-likeness (QED) is 0.857. The zero-order valence-corrected chi connectivity index (χ0v) is 10.8. The third-order valence-electron chi connectivity index (χ3n) is 3.45. The monoisotopic (exact) mass is 261 g/mol. The Hall–Kier alpha value is -1.39. The number of thiophene rings is 1. The van der Waals surface area contributed by atoms with E-state index in [9.17, 15) is 9.90 Å². The lowest BCUT2D eigenvalue weighted by atomic mass is 10.1. The molecule has 0 bridgehead atoms. The van der Waals surface area contributed by atoms with E-state index < -0.39 is 0 Å². The lowest BCUT2D eigenvalue weighted by molar-refractivity contribution is 0.0546. The van der Waals surface area contributed by atoms with Gasteiger partial charge in [-0.15, -0.1) is 11.3 Å². The topological polar surface area (TPSA) is 40.5 Å². The highest BCUT2D eigenvalue weighted by Crippen LogP contribution is 2.23. The van der Waals surface area contributed by atoms with Crippen LogP contribution in [0.5, 0.6) is 0 Å². The molecule has 1 N–H and O–H groups in total. The molecule has 0 atom stereocenters. The van der Waals surface area contributed by atoms with E-state index >= 15 is 0 Å². The van der Waals surface area contributed by atoms with Gasteiger partial charge in [-0.3, -0.25) is 4.79 Å². The van der Waals surface area contributed by atoms with Crippen LogP contribution in [0.15, 0.2) is 29.6 Å². The normalized spacial score (nSPS) is 17.3. The van der Waals surface area contributed by atoms with Crippen molar-refractivity contribution in [1.82, 2.24) is 4.90 Å². The molecule has 1 aliphatic heterocycles. The number of aliphatic hydroxyl groups is 1. The fourth-order valence-corrected chi connectivity index (χ4v) is 3.12. The van der Waals surface area contributed by atoms with Gasteiger partial charge in [0.1, 0.15) is 0 Å². The van der Waals surface area contributed by atoms with Crippen molar-refractivity contribution in [1.29, 1.82) is 0 Å². The largest absolute Gasteiger partial charge is 0.393 e. The van der Waals surface area contributed by atoms with Gasteiger partial charge < -0.3 is 10.0 Å². The number of hydrogen-bond donors (Lipinski definition) is 1. The standard InChI is InChI=1S/C14H15NO2S/c16-12-3-6-15(7-4-12)14(17)11-1-2-13-10(9-11)5-8-18-13/h1-2,5,8-9,12,16H,3-4,6-7H2. The molecule has 1 aromatic heterocycles. The first-order valence-corrected chi connectivity index (χ1v) is 7.06. The Morgan fingerprint density at radius 1 is 1.28 bits per heavy atom. The van der Waals surface area contributed by atoms with Crippen LogP contribution < -0.4 is 0 Å². The van der Waals surface area contributed by atoms with Crippen LogP contribution in [-0.2, 0) is 0 Å². The summed E-state index contributed by atoms with van der Waals surface area (Å²) in [5.74, 6) is 0.0787. The van der Waals surface area contributed by atoms with Crippen LogP contribution in [0.25, 0.3) is 10.1 Å². The minimum atomic E-state index is -0.242. The maximum absolute atomic E-state index is 12.3. The van der Waals surface area contributed by atoms with E-state index in [1.807, 2.05) is 34.5 Å². The molecule has 3 nitrogen and oxygen atoms in total. The van der Waals surface area contributed by atoms with Gasteiger partial charge in [0.2, 0.25) is 0 Å². The summed E-state index contributed by atoms with van der Waals surface area (Å²) >= 11 is 1.69. The first-order chi connectivity index (χ1) is 8.74. The lowest BCUT2D eigenvalue weighted by Gasteiger charge is -2.29. The maximum atomic E-state index is 12.3. The van der Waals surface area contributed by atoms with Gasteiger partial charge in [-0.1, -0.05) is 0 Å². The molecule has 0 aliphatic carbocycles. The minimum absolute atomic E-state index is 0.0787. The molecule has 1 aliphatic rings. The molecule has 18 heavy (non-hydrogen) atoms. The van der Waals surface area contributed by atoms with Crippen molar-refractivity contribution in [2.24, 2.45) is 0 Å². The second kappa shape index (κ2) is 4.71. The van der Waals surface area contributed by atoms with Gasteiger partial charge in [-0.2, -0.15) is 0 Å². The highest BCUT2D eigenvalue weighted by molar-refractivity contribution is 7.17. The zero-order chi connectivity index (χ0) is 12.5. The average Bonchev–Trinajstić information content (AvgIpc) is 2.86.